The summed E-state index contributed by atoms with van der Waals surface area (Å²) in [5.74, 6) is -0.685. The van der Waals surface area contributed by atoms with Crippen LogP contribution >= 0.6 is 0 Å². The molecule has 1 aromatic carbocycles. The summed E-state index contributed by atoms with van der Waals surface area (Å²) >= 11 is 0. The molecular formula is C23H24F3N3O4. The summed E-state index contributed by atoms with van der Waals surface area (Å²) < 4.78 is 46.2. The van der Waals surface area contributed by atoms with Gasteiger partial charge in [-0.3, -0.25) is 14.7 Å². The normalized spacial score (nSPS) is 15.9. The van der Waals surface area contributed by atoms with Gasteiger partial charge < -0.3 is 14.8 Å². The van der Waals surface area contributed by atoms with Gasteiger partial charge in [-0.1, -0.05) is 12.2 Å². The molecule has 1 aliphatic heterocycles. The maximum absolute atomic E-state index is 12.7. The average molecular weight is 463 g/mol. The van der Waals surface area contributed by atoms with E-state index in [0.29, 0.717) is 11.3 Å². The van der Waals surface area contributed by atoms with E-state index in [1.165, 1.54) is 29.2 Å². The molecule has 176 valence electrons. The third-order valence-corrected chi connectivity index (χ3v) is 4.53. The SMILES string of the molecule is CC(C)(C)OC(=O)N1CC=CC1C(=O)NCc1ccnc(-c2ccc(OC(F)(F)F)cc2)c1. The molecule has 3 rings (SSSR count). The van der Waals surface area contributed by atoms with Gasteiger partial charge in [0.2, 0.25) is 5.91 Å². The zero-order valence-electron chi connectivity index (χ0n) is 18.3. The Morgan fingerprint density at radius 3 is 2.48 bits per heavy atom. The predicted molar refractivity (Wildman–Crippen MR) is 114 cm³/mol. The van der Waals surface area contributed by atoms with Gasteiger partial charge >= 0.3 is 12.5 Å². The molecular weight excluding hydrogens is 439 g/mol. The lowest BCUT2D eigenvalue weighted by Crippen LogP contribution is -2.47. The Kier molecular flexibility index (Phi) is 6.95. The van der Waals surface area contributed by atoms with Crippen LogP contribution in [0.1, 0.15) is 26.3 Å². The second-order valence-electron chi connectivity index (χ2n) is 8.35. The third kappa shape index (κ3) is 6.96. The summed E-state index contributed by atoms with van der Waals surface area (Å²) in [6.07, 6.45) is -0.422. The van der Waals surface area contributed by atoms with E-state index in [4.69, 9.17) is 4.74 Å². The van der Waals surface area contributed by atoms with Crippen molar-refractivity contribution < 1.29 is 32.2 Å². The highest BCUT2D eigenvalue weighted by Gasteiger charge is 2.33. The minimum absolute atomic E-state index is 0.177. The lowest BCUT2D eigenvalue weighted by Gasteiger charge is -2.28. The molecule has 33 heavy (non-hydrogen) atoms. The van der Waals surface area contributed by atoms with Crippen LogP contribution in [-0.2, 0) is 16.1 Å². The first-order valence-electron chi connectivity index (χ1n) is 10.2. The number of alkyl halides is 3. The highest BCUT2D eigenvalue weighted by Crippen LogP contribution is 2.26. The second kappa shape index (κ2) is 9.51. The topological polar surface area (TPSA) is 80.8 Å². The highest BCUT2D eigenvalue weighted by molar-refractivity contribution is 5.88. The van der Waals surface area contributed by atoms with Crippen LogP contribution in [0.5, 0.6) is 5.75 Å². The first kappa shape index (κ1) is 24.1. The van der Waals surface area contributed by atoms with Crippen LogP contribution in [0.3, 0.4) is 0 Å². The Labute approximate surface area is 189 Å². The van der Waals surface area contributed by atoms with E-state index in [1.54, 1.807) is 51.3 Å². The Hall–Kier alpha value is -3.56. The zero-order valence-corrected chi connectivity index (χ0v) is 18.3. The minimum atomic E-state index is -4.76. The van der Waals surface area contributed by atoms with Crippen molar-refractivity contribution in [1.29, 1.82) is 0 Å². The number of ether oxygens (including phenoxy) is 2. The van der Waals surface area contributed by atoms with Gasteiger partial charge in [0.15, 0.2) is 0 Å². The van der Waals surface area contributed by atoms with Gasteiger partial charge in [-0.25, -0.2) is 4.79 Å². The van der Waals surface area contributed by atoms with Gasteiger partial charge in [0.25, 0.3) is 0 Å². The Morgan fingerprint density at radius 1 is 1.15 bits per heavy atom. The van der Waals surface area contributed by atoms with Crippen molar-refractivity contribution >= 4 is 12.0 Å². The molecule has 0 aliphatic carbocycles. The highest BCUT2D eigenvalue weighted by atomic mass is 19.4. The molecule has 2 heterocycles. The van der Waals surface area contributed by atoms with E-state index < -0.39 is 24.1 Å². The van der Waals surface area contributed by atoms with Gasteiger partial charge in [-0.05, 0) is 62.7 Å². The minimum Gasteiger partial charge on any atom is -0.444 e. The first-order valence-corrected chi connectivity index (χ1v) is 10.2. The summed E-state index contributed by atoms with van der Waals surface area (Å²) in [4.78, 5) is 30.6. The van der Waals surface area contributed by atoms with Gasteiger partial charge in [-0.2, -0.15) is 0 Å². The lowest BCUT2D eigenvalue weighted by molar-refractivity contribution is -0.274. The van der Waals surface area contributed by atoms with Gasteiger partial charge in [-0.15, -0.1) is 13.2 Å². The number of benzene rings is 1. The molecule has 10 heteroatoms. The molecule has 1 aliphatic rings. The molecule has 0 saturated carbocycles. The number of nitrogens with zero attached hydrogens (tertiary/aromatic N) is 2. The Balaban J connectivity index is 1.62. The Bertz CT molecular complexity index is 1030. The quantitative estimate of drug-likeness (QED) is 0.664. The van der Waals surface area contributed by atoms with E-state index in [9.17, 15) is 22.8 Å². The second-order valence-corrected chi connectivity index (χ2v) is 8.35. The summed E-state index contributed by atoms with van der Waals surface area (Å²) in [6, 6.07) is 7.99. The van der Waals surface area contributed by atoms with Crippen LogP contribution < -0.4 is 10.1 Å². The molecule has 2 aromatic rings. The van der Waals surface area contributed by atoms with Crippen molar-refractivity contribution in [1.82, 2.24) is 15.2 Å². The van der Waals surface area contributed by atoms with Crippen LogP contribution in [0.2, 0.25) is 0 Å². The number of pyridine rings is 1. The van der Waals surface area contributed by atoms with Crippen molar-refractivity contribution in [3.63, 3.8) is 0 Å². The van der Waals surface area contributed by atoms with Crippen LogP contribution in [0, 0.1) is 0 Å². The Morgan fingerprint density at radius 2 is 1.85 bits per heavy atom. The average Bonchev–Trinajstić information content (AvgIpc) is 3.21. The number of hydrogen-bond acceptors (Lipinski definition) is 5. The van der Waals surface area contributed by atoms with E-state index in [1.807, 2.05) is 0 Å². The molecule has 0 saturated heterocycles. The molecule has 1 N–H and O–H groups in total. The van der Waals surface area contributed by atoms with E-state index in [0.717, 1.165) is 5.56 Å². The smallest absolute Gasteiger partial charge is 0.444 e. The number of hydrogen-bond donors (Lipinski definition) is 1. The number of amides is 2. The number of aromatic nitrogens is 1. The molecule has 0 bridgehead atoms. The largest absolute Gasteiger partial charge is 0.573 e. The van der Waals surface area contributed by atoms with E-state index in [-0.39, 0.29) is 24.7 Å². The number of halogens is 3. The van der Waals surface area contributed by atoms with Crippen molar-refractivity contribution in [3.8, 4) is 17.0 Å². The molecule has 7 nitrogen and oxygen atoms in total. The summed E-state index contributed by atoms with van der Waals surface area (Å²) in [5, 5.41) is 2.79. The monoisotopic (exact) mass is 463 g/mol. The molecule has 1 aromatic heterocycles. The fraction of sp³-hybridized carbons (Fsp3) is 0.348. The van der Waals surface area contributed by atoms with Crippen molar-refractivity contribution in [2.45, 2.75) is 45.3 Å². The molecule has 1 atom stereocenters. The summed E-state index contributed by atoms with van der Waals surface area (Å²) in [5.41, 5.74) is 1.17. The van der Waals surface area contributed by atoms with Crippen molar-refractivity contribution in [2.75, 3.05) is 6.54 Å². The van der Waals surface area contributed by atoms with Crippen LogP contribution in [0.15, 0.2) is 54.7 Å². The molecule has 0 radical (unpaired) electrons. The molecule has 1 unspecified atom stereocenters. The predicted octanol–water partition coefficient (Wildman–Crippen LogP) is 4.44. The van der Waals surface area contributed by atoms with Gasteiger partial charge in [0.05, 0.1) is 5.69 Å². The van der Waals surface area contributed by atoms with Crippen LogP contribution in [-0.4, -0.2) is 46.4 Å². The maximum atomic E-state index is 12.7. The molecule has 0 spiro atoms. The third-order valence-electron chi connectivity index (χ3n) is 4.53. The number of carbonyl (C=O) groups is 2. The summed E-state index contributed by atoms with van der Waals surface area (Å²) in [7, 11) is 0. The van der Waals surface area contributed by atoms with E-state index in [2.05, 4.69) is 15.0 Å². The van der Waals surface area contributed by atoms with Crippen molar-refractivity contribution in [3.05, 3.63) is 60.3 Å². The summed E-state index contributed by atoms with van der Waals surface area (Å²) in [6.45, 7) is 5.71. The number of rotatable bonds is 5. The van der Waals surface area contributed by atoms with Gasteiger partial charge in [0.1, 0.15) is 17.4 Å². The molecule has 2 amide bonds. The fourth-order valence-corrected chi connectivity index (χ4v) is 3.12. The molecule has 0 fully saturated rings. The number of nitrogens with one attached hydrogen (secondary N) is 1. The first-order chi connectivity index (χ1) is 15.4. The lowest BCUT2D eigenvalue weighted by atomic mass is 10.1. The van der Waals surface area contributed by atoms with Gasteiger partial charge in [0, 0.05) is 24.8 Å². The van der Waals surface area contributed by atoms with Crippen molar-refractivity contribution in [2.24, 2.45) is 0 Å². The van der Waals surface area contributed by atoms with Crippen LogP contribution in [0.4, 0.5) is 18.0 Å². The zero-order chi connectivity index (χ0) is 24.2. The fourth-order valence-electron chi connectivity index (χ4n) is 3.12. The number of carbonyl (C=O) groups excluding carboxylic acids is 2. The van der Waals surface area contributed by atoms with E-state index >= 15 is 0 Å². The standard InChI is InChI=1S/C23H24F3N3O4/c1-22(2,3)33-21(31)29-12-4-5-19(29)20(30)28-14-15-10-11-27-18(13-15)16-6-8-17(9-7-16)32-23(24,25)26/h4-11,13,19H,12,14H2,1-3H3,(H,28,30). The van der Waals surface area contributed by atoms with Crippen LogP contribution in [0.25, 0.3) is 11.3 Å². The maximum Gasteiger partial charge on any atom is 0.573 e.